The van der Waals surface area contributed by atoms with E-state index in [2.05, 4.69) is 10.6 Å². The van der Waals surface area contributed by atoms with Crippen molar-refractivity contribution < 1.29 is 19.4 Å². The number of carboxylic acids is 1. The highest BCUT2D eigenvalue weighted by Gasteiger charge is 2.30. The summed E-state index contributed by atoms with van der Waals surface area (Å²) in [6.07, 6.45) is 1.89. The highest BCUT2D eigenvalue weighted by atomic mass is 16.5. The van der Waals surface area contributed by atoms with E-state index < -0.39 is 5.97 Å². The van der Waals surface area contributed by atoms with Crippen LogP contribution in [0.5, 0.6) is 0 Å². The lowest BCUT2D eigenvalue weighted by molar-refractivity contribution is -0.141. The van der Waals surface area contributed by atoms with Crippen molar-refractivity contribution in [2.75, 3.05) is 20.3 Å². The first-order valence-corrected chi connectivity index (χ1v) is 5.39. The summed E-state index contributed by atoms with van der Waals surface area (Å²) in [6.45, 7) is 0.924. The molecular formula is C10H18N2O4. The first-order chi connectivity index (χ1) is 7.63. The maximum Gasteiger partial charge on any atom is 0.315 e. The summed E-state index contributed by atoms with van der Waals surface area (Å²) < 4.78 is 4.79. The van der Waals surface area contributed by atoms with Gasteiger partial charge in [-0.2, -0.15) is 0 Å². The Hall–Kier alpha value is -1.30. The van der Waals surface area contributed by atoms with E-state index in [1.165, 1.54) is 0 Å². The van der Waals surface area contributed by atoms with Crippen LogP contribution in [0.25, 0.3) is 0 Å². The molecule has 1 aliphatic carbocycles. The zero-order valence-electron chi connectivity index (χ0n) is 9.36. The third kappa shape index (κ3) is 4.06. The molecule has 1 saturated carbocycles. The van der Waals surface area contributed by atoms with Gasteiger partial charge in [0, 0.05) is 19.7 Å². The van der Waals surface area contributed by atoms with E-state index in [0.29, 0.717) is 26.0 Å². The van der Waals surface area contributed by atoms with Gasteiger partial charge in [-0.15, -0.1) is 0 Å². The molecule has 0 saturated heterocycles. The molecule has 0 bridgehead atoms. The molecule has 0 heterocycles. The van der Waals surface area contributed by atoms with Gasteiger partial charge < -0.3 is 20.5 Å². The third-order valence-corrected chi connectivity index (χ3v) is 2.71. The summed E-state index contributed by atoms with van der Waals surface area (Å²) in [5.41, 5.74) is 0. The number of amides is 2. The topological polar surface area (TPSA) is 87.7 Å². The minimum atomic E-state index is -0.774. The molecule has 2 amide bonds. The summed E-state index contributed by atoms with van der Waals surface area (Å²) in [7, 11) is 1.56. The van der Waals surface area contributed by atoms with Crippen LogP contribution >= 0.6 is 0 Å². The molecule has 1 rings (SSSR count). The Morgan fingerprint density at radius 1 is 1.44 bits per heavy atom. The molecule has 6 nitrogen and oxygen atoms in total. The number of carbonyl (C=O) groups is 2. The Labute approximate surface area is 94.3 Å². The van der Waals surface area contributed by atoms with Crippen LogP contribution in [0, 0.1) is 5.92 Å². The number of aliphatic carboxylic acids is 1. The number of nitrogens with one attached hydrogen (secondary N) is 2. The SMILES string of the molecule is COCCNC(=O)NC1CCC(C(=O)O)C1. The summed E-state index contributed by atoms with van der Waals surface area (Å²) in [5.74, 6) is -1.09. The number of hydrogen-bond donors (Lipinski definition) is 3. The van der Waals surface area contributed by atoms with E-state index in [1.807, 2.05) is 0 Å². The fraction of sp³-hybridized carbons (Fsp3) is 0.800. The van der Waals surface area contributed by atoms with Crippen molar-refractivity contribution >= 4 is 12.0 Å². The van der Waals surface area contributed by atoms with Gasteiger partial charge in [0.25, 0.3) is 0 Å². The molecule has 2 atom stereocenters. The predicted molar refractivity (Wildman–Crippen MR) is 57.2 cm³/mol. The molecule has 0 radical (unpaired) electrons. The maximum atomic E-state index is 11.3. The zero-order valence-corrected chi connectivity index (χ0v) is 9.36. The van der Waals surface area contributed by atoms with Crippen LogP contribution in [0.1, 0.15) is 19.3 Å². The smallest absolute Gasteiger partial charge is 0.315 e. The van der Waals surface area contributed by atoms with Crippen LogP contribution in [0.15, 0.2) is 0 Å². The number of carbonyl (C=O) groups excluding carboxylic acids is 1. The van der Waals surface area contributed by atoms with Gasteiger partial charge in [-0.3, -0.25) is 4.79 Å². The Balaban J connectivity index is 2.18. The number of hydrogen-bond acceptors (Lipinski definition) is 3. The Morgan fingerprint density at radius 3 is 2.75 bits per heavy atom. The van der Waals surface area contributed by atoms with Crippen LogP contribution in [0.2, 0.25) is 0 Å². The molecule has 6 heteroatoms. The van der Waals surface area contributed by atoms with Crippen LogP contribution < -0.4 is 10.6 Å². The van der Waals surface area contributed by atoms with Crippen molar-refractivity contribution in [3.05, 3.63) is 0 Å². The lowest BCUT2D eigenvalue weighted by Gasteiger charge is -2.13. The predicted octanol–water partition coefficient (Wildman–Crippen LogP) is 0.185. The minimum absolute atomic E-state index is 0.0244. The Bertz CT molecular complexity index is 257. The number of methoxy groups -OCH3 is 1. The van der Waals surface area contributed by atoms with Gasteiger partial charge >= 0.3 is 12.0 Å². The average molecular weight is 230 g/mol. The molecule has 3 N–H and O–H groups in total. The van der Waals surface area contributed by atoms with Crippen molar-refractivity contribution in [1.29, 1.82) is 0 Å². The summed E-state index contributed by atoms with van der Waals surface area (Å²) in [5, 5.41) is 14.2. The molecule has 92 valence electrons. The van der Waals surface area contributed by atoms with Crippen LogP contribution in [-0.4, -0.2) is 43.4 Å². The average Bonchev–Trinajstić information content (AvgIpc) is 2.66. The van der Waals surface area contributed by atoms with Crippen molar-refractivity contribution in [3.8, 4) is 0 Å². The fourth-order valence-electron chi connectivity index (χ4n) is 1.84. The van der Waals surface area contributed by atoms with Crippen LogP contribution in [-0.2, 0) is 9.53 Å². The summed E-state index contributed by atoms with van der Waals surface area (Å²) in [6, 6.07) is -0.281. The number of carboxylic acid groups (broad SMARTS) is 1. The van der Waals surface area contributed by atoms with E-state index in [0.717, 1.165) is 6.42 Å². The highest BCUT2D eigenvalue weighted by Crippen LogP contribution is 2.25. The van der Waals surface area contributed by atoms with Gasteiger partial charge in [0.05, 0.1) is 12.5 Å². The van der Waals surface area contributed by atoms with Crippen LogP contribution in [0.3, 0.4) is 0 Å². The van der Waals surface area contributed by atoms with Crippen LogP contribution in [0.4, 0.5) is 4.79 Å². The summed E-state index contributed by atoms with van der Waals surface area (Å²) >= 11 is 0. The normalized spacial score (nSPS) is 24.1. The lowest BCUT2D eigenvalue weighted by atomic mass is 10.1. The van der Waals surface area contributed by atoms with Crippen molar-refractivity contribution in [2.45, 2.75) is 25.3 Å². The summed E-state index contributed by atoms with van der Waals surface area (Å²) in [4.78, 5) is 22.0. The molecule has 0 aliphatic heterocycles. The number of rotatable bonds is 5. The molecule has 0 aromatic heterocycles. The van der Waals surface area contributed by atoms with Crippen molar-refractivity contribution in [1.82, 2.24) is 10.6 Å². The Morgan fingerprint density at radius 2 is 2.19 bits per heavy atom. The zero-order chi connectivity index (χ0) is 12.0. The molecule has 1 aliphatic rings. The van der Waals surface area contributed by atoms with E-state index in [-0.39, 0.29) is 18.0 Å². The van der Waals surface area contributed by atoms with E-state index in [9.17, 15) is 9.59 Å². The van der Waals surface area contributed by atoms with E-state index in [4.69, 9.17) is 9.84 Å². The van der Waals surface area contributed by atoms with Gasteiger partial charge in [-0.25, -0.2) is 4.79 Å². The molecule has 0 aromatic carbocycles. The van der Waals surface area contributed by atoms with Crippen molar-refractivity contribution in [2.24, 2.45) is 5.92 Å². The van der Waals surface area contributed by atoms with Gasteiger partial charge in [-0.05, 0) is 19.3 Å². The second-order valence-corrected chi connectivity index (χ2v) is 3.94. The van der Waals surface area contributed by atoms with E-state index in [1.54, 1.807) is 7.11 Å². The van der Waals surface area contributed by atoms with Gasteiger partial charge in [0.2, 0.25) is 0 Å². The van der Waals surface area contributed by atoms with Gasteiger partial charge in [-0.1, -0.05) is 0 Å². The highest BCUT2D eigenvalue weighted by molar-refractivity contribution is 5.75. The molecule has 1 fully saturated rings. The standard InChI is InChI=1S/C10H18N2O4/c1-16-5-4-11-10(15)12-8-3-2-7(6-8)9(13)14/h7-8H,2-6H2,1H3,(H,13,14)(H2,11,12,15). The second kappa shape index (κ2) is 6.32. The lowest BCUT2D eigenvalue weighted by Crippen LogP contribution is -2.42. The molecule has 16 heavy (non-hydrogen) atoms. The molecule has 2 unspecified atom stereocenters. The quantitative estimate of drug-likeness (QED) is 0.588. The Kier molecular flexibility index (Phi) is 5.04. The minimum Gasteiger partial charge on any atom is -0.481 e. The van der Waals surface area contributed by atoms with E-state index >= 15 is 0 Å². The number of urea groups is 1. The first-order valence-electron chi connectivity index (χ1n) is 5.39. The largest absolute Gasteiger partial charge is 0.481 e. The third-order valence-electron chi connectivity index (χ3n) is 2.71. The second-order valence-electron chi connectivity index (χ2n) is 3.94. The maximum absolute atomic E-state index is 11.3. The van der Waals surface area contributed by atoms with Crippen molar-refractivity contribution in [3.63, 3.8) is 0 Å². The monoisotopic (exact) mass is 230 g/mol. The molecule has 0 spiro atoms. The fourth-order valence-corrected chi connectivity index (χ4v) is 1.84. The van der Waals surface area contributed by atoms with Gasteiger partial charge in [0.1, 0.15) is 0 Å². The molecule has 0 aromatic rings. The first kappa shape index (κ1) is 12.8. The van der Waals surface area contributed by atoms with Gasteiger partial charge in [0.15, 0.2) is 0 Å². The molecular weight excluding hydrogens is 212 g/mol. The number of ether oxygens (including phenoxy) is 1.